The molecule has 1 saturated carbocycles. The van der Waals surface area contributed by atoms with Crippen molar-refractivity contribution in [2.75, 3.05) is 39.8 Å². The third-order valence-electron chi connectivity index (χ3n) is 11.0. The fraction of sp³-hybridized carbons (Fsp3) is 0.568. The van der Waals surface area contributed by atoms with Crippen LogP contribution in [0, 0.1) is 29.1 Å². The van der Waals surface area contributed by atoms with E-state index in [-0.39, 0.29) is 47.1 Å². The van der Waals surface area contributed by atoms with E-state index in [1.807, 2.05) is 31.3 Å². The third kappa shape index (κ3) is 8.98. The van der Waals surface area contributed by atoms with E-state index < -0.39 is 18.1 Å². The van der Waals surface area contributed by atoms with Crippen LogP contribution in [0.15, 0.2) is 30.3 Å². The van der Waals surface area contributed by atoms with Crippen LogP contribution < -0.4 is 10.6 Å². The molecule has 0 spiro atoms. The van der Waals surface area contributed by atoms with Crippen molar-refractivity contribution in [3.63, 3.8) is 0 Å². The summed E-state index contributed by atoms with van der Waals surface area (Å²) < 4.78 is 31.7. The number of carbonyl (C=O) groups is 4. The molecule has 3 aromatic rings. The molecule has 286 valence electrons. The second-order valence-electron chi connectivity index (χ2n) is 15.8. The molecule has 2 aliphatic heterocycles. The largest absolute Gasteiger partial charge is 0.490 e. The van der Waals surface area contributed by atoms with Crippen LogP contribution in [-0.4, -0.2) is 106 Å². The SMILES string of the molecule is CN1CC(NC(=O)c2cccc([C@@H](CCN3CC4C(C3)C4C(=O)O)NC(=O)c3nc4cc5c(nc4s3)CC[C@H](C(C)(C)C)C5)c2)C1.O=C(O)C(F)(F)F. The highest BCUT2D eigenvalue weighted by molar-refractivity contribution is 7.19. The Morgan fingerprint density at radius 2 is 1.68 bits per heavy atom. The van der Waals surface area contributed by atoms with Crippen LogP contribution in [0.2, 0.25) is 0 Å². The van der Waals surface area contributed by atoms with E-state index in [4.69, 9.17) is 19.9 Å². The predicted octanol–water partition coefficient (Wildman–Crippen LogP) is 4.64. The van der Waals surface area contributed by atoms with Crippen LogP contribution in [-0.2, 0) is 22.4 Å². The van der Waals surface area contributed by atoms with E-state index in [2.05, 4.69) is 47.3 Å². The Bertz CT molecular complexity index is 1880. The minimum atomic E-state index is -5.08. The van der Waals surface area contributed by atoms with Gasteiger partial charge in [0.15, 0.2) is 5.01 Å². The van der Waals surface area contributed by atoms with Crippen LogP contribution in [0.1, 0.15) is 76.6 Å². The number of aromatic nitrogens is 2. The van der Waals surface area contributed by atoms with Gasteiger partial charge in [0.1, 0.15) is 10.3 Å². The fourth-order valence-corrected chi connectivity index (χ4v) is 8.66. The average Bonchev–Trinajstić information content (AvgIpc) is 3.35. The van der Waals surface area contributed by atoms with E-state index in [1.165, 1.54) is 16.9 Å². The van der Waals surface area contributed by atoms with E-state index in [0.717, 1.165) is 73.6 Å². The Kier molecular flexibility index (Phi) is 10.9. The average molecular weight is 759 g/mol. The van der Waals surface area contributed by atoms with Gasteiger partial charge in [-0.1, -0.05) is 44.2 Å². The standard InChI is InChI=1S/C35H44N6O4S.C2HF3O2/c1-35(2,3)22-8-9-26-21(13-22)14-28-32(38-26)46-33(39-28)31(43)37-27(10-11-41-17-24-25(18-41)29(24)34(44)45)19-6-5-7-20(12-19)30(42)36-23-15-40(4)16-23;3-2(4,5)1(6)7/h5-7,12,14,22-25,27,29H,8-11,13,15-18H2,1-4H3,(H,36,42)(H,37,43)(H,44,45);(H,6,7)/t22-,24?,25?,27+,29?;/m0./s1. The molecule has 2 aliphatic carbocycles. The molecule has 4 aliphatic rings. The van der Waals surface area contributed by atoms with Crippen molar-refractivity contribution in [1.29, 1.82) is 0 Å². The number of likely N-dealkylation sites (N-methyl/N-ethyl adjacent to an activating group) is 1. The lowest BCUT2D eigenvalue weighted by Crippen LogP contribution is -2.57. The topological polar surface area (TPSA) is 165 Å². The first kappa shape index (κ1) is 38.6. The van der Waals surface area contributed by atoms with Crippen molar-refractivity contribution < 1.29 is 42.6 Å². The molecule has 7 rings (SSSR count). The number of fused-ring (bicyclic) bond motifs is 3. The van der Waals surface area contributed by atoms with Gasteiger partial charge < -0.3 is 30.6 Å². The van der Waals surface area contributed by atoms with Crippen molar-refractivity contribution in [2.24, 2.45) is 29.1 Å². The normalized spacial score (nSPS) is 23.5. The van der Waals surface area contributed by atoms with Gasteiger partial charge >= 0.3 is 18.1 Å². The summed E-state index contributed by atoms with van der Waals surface area (Å²) >= 11 is 1.33. The molecule has 53 heavy (non-hydrogen) atoms. The highest BCUT2D eigenvalue weighted by atomic mass is 32.1. The first-order valence-electron chi connectivity index (χ1n) is 17.8. The highest BCUT2D eigenvalue weighted by Gasteiger charge is 2.59. The lowest BCUT2D eigenvalue weighted by atomic mass is 9.71. The van der Waals surface area contributed by atoms with Crippen LogP contribution in [0.4, 0.5) is 13.2 Å². The number of nitrogens with one attached hydrogen (secondary N) is 2. The molecular formula is C37H45F3N6O6S. The molecule has 2 amide bonds. The summed E-state index contributed by atoms with van der Waals surface area (Å²) in [5, 5.41) is 23.3. The van der Waals surface area contributed by atoms with E-state index in [0.29, 0.717) is 22.9 Å². The maximum absolute atomic E-state index is 13.8. The Morgan fingerprint density at radius 3 is 2.28 bits per heavy atom. The summed E-state index contributed by atoms with van der Waals surface area (Å²) in [6.45, 7) is 10.8. The zero-order chi connectivity index (χ0) is 38.4. The minimum absolute atomic E-state index is 0.112. The molecule has 2 saturated heterocycles. The molecule has 12 nitrogen and oxygen atoms in total. The number of carboxylic acid groups (broad SMARTS) is 2. The molecule has 16 heteroatoms. The predicted molar refractivity (Wildman–Crippen MR) is 191 cm³/mol. The van der Waals surface area contributed by atoms with Gasteiger partial charge in [-0.15, -0.1) is 0 Å². The molecular weight excluding hydrogens is 714 g/mol. The van der Waals surface area contributed by atoms with Crippen molar-refractivity contribution in [2.45, 2.75) is 64.7 Å². The summed E-state index contributed by atoms with van der Waals surface area (Å²) in [5.74, 6) is -2.98. The van der Waals surface area contributed by atoms with Crippen LogP contribution in [0.25, 0.3) is 10.3 Å². The highest BCUT2D eigenvalue weighted by Crippen LogP contribution is 2.51. The number of likely N-dealkylation sites (tertiary alicyclic amines) is 2. The summed E-state index contributed by atoms with van der Waals surface area (Å²) in [5.41, 5.74) is 4.80. The van der Waals surface area contributed by atoms with Crippen LogP contribution in [0.3, 0.4) is 0 Å². The van der Waals surface area contributed by atoms with Crippen molar-refractivity contribution in [3.05, 3.63) is 57.7 Å². The second kappa shape index (κ2) is 14.9. The number of aryl methyl sites for hydroxylation is 1. The van der Waals surface area contributed by atoms with E-state index in [1.54, 1.807) is 0 Å². The van der Waals surface area contributed by atoms with Gasteiger partial charge in [-0.25, -0.2) is 14.8 Å². The molecule has 1 aromatic carbocycles. The third-order valence-corrected chi connectivity index (χ3v) is 11.9. The number of hydrogen-bond acceptors (Lipinski definition) is 9. The quantitative estimate of drug-likeness (QED) is 0.242. The second-order valence-corrected chi connectivity index (χ2v) is 16.8. The maximum Gasteiger partial charge on any atom is 0.490 e. The fourth-order valence-electron chi connectivity index (χ4n) is 7.82. The van der Waals surface area contributed by atoms with Crippen molar-refractivity contribution >= 4 is 45.4 Å². The van der Waals surface area contributed by atoms with Crippen molar-refractivity contribution in [1.82, 2.24) is 30.4 Å². The summed E-state index contributed by atoms with van der Waals surface area (Å²) in [7, 11) is 2.03. The van der Waals surface area contributed by atoms with E-state index >= 15 is 0 Å². The number of thiazole rings is 1. The number of alkyl halides is 3. The van der Waals surface area contributed by atoms with Gasteiger partial charge in [-0.05, 0) is 85.2 Å². The number of aliphatic carboxylic acids is 2. The van der Waals surface area contributed by atoms with Gasteiger partial charge in [0.25, 0.3) is 11.8 Å². The number of amides is 2. The first-order chi connectivity index (χ1) is 24.9. The Labute approximate surface area is 309 Å². The molecule has 4 heterocycles. The number of piperidine rings is 1. The lowest BCUT2D eigenvalue weighted by molar-refractivity contribution is -0.192. The molecule has 4 N–H and O–H groups in total. The molecule has 0 radical (unpaired) electrons. The zero-order valence-electron chi connectivity index (χ0n) is 30.1. The molecule has 4 atom stereocenters. The Hall–Kier alpha value is -4.15. The number of carbonyl (C=O) groups excluding carboxylic acids is 2. The summed E-state index contributed by atoms with van der Waals surface area (Å²) in [4.78, 5) is 62.1. The molecule has 2 aromatic heterocycles. The number of nitrogens with zero attached hydrogens (tertiary/aromatic N) is 4. The molecule has 2 unspecified atom stereocenters. The van der Waals surface area contributed by atoms with Gasteiger partial charge in [-0.3, -0.25) is 14.4 Å². The summed E-state index contributed by atoms with van der Waals surface area (Å²) in [6.07, 6.45) is -1.41. The summed E-state index contributed by atoms with van der Waals surface area (Å²) in [6, 6.07) is 9.45. The number of halogens is 3. The van der Waals surface area contributed by atoms with Crippen LogP contribution >= 0.6 is 11.3 Å². The van der Waals surface area contributed by atoms with Gasteiger partial charge in [0.2, 0.25) is 0 Å². The smallest absolute Gasteiger partial charge is 0.481 e. The van der Waals surface area contributed by atoms with E-state index in [9.17, 15) is 32.7 Å². The number of rotatable bonds is 9. The number of carboxylic acids is 2. The number of benzene rings is 1. The number of pyridine rings is 1. The zero-order valence-corrected chi connectivity index (χ0v) is 30.9. The van der Waals surface area contributed by atoms with Gasteiger partial charge in [0, 0.05) is 44.0 Å². The van der Waals surface area contributed by atoms with Crippen LogP contribution in [0.5, 0.6) is 0 Å². The Balaban J connectivity index is 0.000000626. The lowest BCUT2D eigenvalue weighted by Gasteiger charge is -2.36. The number of hydrogen-bond donors (Lipinski definition) is 4. The monoisotopic (exact) mass is 758 g/mol. The first-order valence-corrected chi connectivity index (χ1v) is 18.6. The molecule has 0 bridgehead atoms. The van der Waals surface area contributed by atoms with Gasteiger partial charge in [0.05, 0.1) is 18.0 Å². The maximum atomic E-state index is 13.8. The molecule has 3 fully saturated rings. The van der Waals surface area contributed by atoms with Crippen molar-refractivity contribution in [3.8, 4) is 0 Å². The minimum Gasteiger partial charge on any atom is -0.481 e. The van der Waals surface area contributed by atoms with Gasteiger partial charge in [-0.2, -0.15) is 13.2 Å². The Morgan fingerprint density at radius 1 is 1.00 bits per heavy atom.